The van der Waals surface area contributed by atoms with Crippen molar-refractivity contribution in [1.82, 2.24) is 10.2 Å². The highest BCUT2D eigenvalue weighted by Gasteiger charge is 2.25. The molecule has 0 heterocycles. The zero-order chi connectivity index (χ0) is 11.4. The molecule has 0 spiro atoms. The maximum absolute atomic E-state index is 11.4. The Hall–Kier alpha value is -0.570. The molecule has 88 valence electrons. The number of nitrogens with zero attached hydrogens (tertiary/aromatic N) is 1. The standard InChI is InChI=1S/C12H24N2O/c1-9-5-6-11(10(2)7-9)13-8-12(15)14(3)4/h9-11,13H,5-8H2,1-4H3. The molecular formula is C12H24N2O. The largest absolute Gasteiger partial charge is 0.348 e. The van der Waals surface area contributed by atoms with Crippen molar-refractivity contribution in [2.75, 3.05) is 20.6 Å². The number of likely N-dealkylation sites (N-methyl/N-ethyl adjacent to an activating group) is 1. The fourth-order valence-electron chi connectivity index (χ4n) is 2.35. The van der Waals surface area contributed by atoms with Gasteiger partial charge in [-0.25, -0.2) is 0 Å². The minimum Gasteiger partial charge on any atom is -0.348 e. The first-order chi connectivity index (χ1) is 7.00. The summed E-state index contributed by atoms with van der Waals surface area (Å²) in [6.45, 7) is 5.08. The van der Waals surface area contributed by atoms with Gasteiger partial charge in [-0.3, -0.25) is 4.79 Å². The Balaban J connectivity index is 2.30. The van der Waals surface area contributed by atoms with Crippen LogP contribution in [0.15, 0.2) is 0 Å². The molecular weight excluding hydrogens is 188 g/mol. The van der Waals surface area contributed by atoms with E-state index in [2.05, 4.69) is 19.2 Å². The Morgan fingerprint density at radius 2 is 2.00 bits per heavy atom. The molecule has 1 N–H and O–H groups in total. The molecule has 1 saturated carbocycles. The smallest absolute Gasteiger partial charge is 0.236 e. The number of carbonyl (C=O) groups excluding carboxylic acids is 1. The summed E-state index contributed by atoms with van der Waals surface area (Å²) < 4.78 is 0. The van der Waals surface area contributed by atoms with E-state index in [1.807, 2.05) is 0 Å². The van der Waals surface area contributed by atoms with Crippen LogP contribution in [0.2, 0.25) is 0 Å². The maximum atomic E-state index is 11.4. The topological polar surface area (TPSA) is 32.3 Å². The Kier molecular flexibility index (Phi) is 4.58. The average Bonchev–Trinajstić information content (AvgIpc) is 2.15. The number of hydrogen-bond donors (Lipinski definition) is 1. The summed E-state index contributed by atoms with van der Waals surface area (Å²) in [4.78, 5) is 13.1. The summed E-state index contributed by atoms with van der Waals surface area (Å²) >= 11 is 0. The quantitative estimate of drug-likeness (QED) is 0.768. The highest BCUT2D eigenvalue weighted by Crippen LogP contribution is 2.28. The predicted octanol–water partition coefficient (Wildman–Crippen LogP) is 1.49. The summed E-state index contributed by atoms with van der Waals surface area (Å²) in [5.41, 5.74) is 0. The summed E-state index contributed by atoms with van der Waals surface area (Å²) in [6, 6.07) is 0.532. The van der Waals surface area contributed by atoms with E-state index in [0.717, 1.165) is 5.92 Å². The van der Waals surface area contributed by atoms with Crippen LogP contribution < -0.4 is 5.32 Å². The number of rotatable bonds is 3. The third-order valence-electron chi connectivity index (χ3n) is 3.45. The van der Waals surface area contributed by atoms with E-state index in [-0.39, 0.29) is 5.91 Å². The lowest BCUT2D eigenvalue weighted by molar-refractivity contribution is -0.128. The van der Waals surface area contributed by atoms with Gasteiger partial charge in [0.05, 0.1) is 6.54 Å². The lowest BCUT2D eigenvalue weighted by Crippen LogP contribution is -2.43. The fourth-order valence-corrected chi connectivity index (χ4v) is 2.35. The first-order valence-corrected chi connectivity index (χ1v) is 5.94. The van der Waals surface area contributed by atoms with Crippen molar-refractivity contribution >= 4 is 5.91 Å². The van der Waals surface area contributed by atoms with Crippen LogP contribution >= 0.6 is 0 Å². The van der Waals surface area contributed by atoms with Crippen LogP contribution in [0, 0.1) is 11.8 Å². The van der Waals surface area contributed by atoms with Gasteiger partial charge in [-0.15, -0.1) is 0 Å². The Labute approximate surface area is 93.2 Å². The fraction of sp³-hybridized carbons (Fsp3) is 0.917. The number of amides is 1. The normalized spacial score (nSPS) is 31.3. The second-order valence-electron chi connectivity index (χ2n) is 5.17. The van der Waals surface area contributed by atoms with Crippen LogP contribution in [0.5, 0.6) is 0 Å². The van der Waals surface area contributed by atoms with Crippen molar-refractivity contribution < 1.29 is 4.79 Å². The van der Waals surface area contributed by atoms with Gasteiger partial charge >= 0.3 is 0 Å². The van der Waals surface area contributed by atoms with Gasteiger partial charge in [0, 0.05) is 20.1 Å². The molecule has 0 radical (unpaired) electrons. The van der Waals surface area contributed by atoms with Crippen molar-refractivity contribution in [2.45, 2.75) is 39.2 Å². The molecule has 3 nitrogen and oxygen atoms in total. The van der Waals surface area contributed by atoms with E-state index in [9.17, 15) is 4.79 Å². The molecule has 1 aliphatic carbocycles. The second-order valence-corrected chi connectivity index (χ2v) is 5.17. The molecule has 0 aromatic carbocycles. The highest BCUT2D eigenvalue weighted by atomic mass is 16.2. The van der Waals surface area contributed by atoms with Gasteiger partial charge in [0.1, 0.15) is 0 Å². The van der Waals surface area contributed by atoms with E-state index in [1.165, 1.54) is 19.3 Å². The zero-order valence-corrected chi connectivity index (χ0v) is 10.4. The van der Waals surface area contributed by atoms with Crippen molar-refractivity contribution in [2.24, 2.45) is 11.8 Å². The van der Waals surface area contributed by atoms with Crippen molar-refractivity contribution in [1.29, 1.82) is 0 Å². The molecule has 0 aliphatic heterocycles. The van der Waals surface area contributed by atoms with Gasteiger partial charge in [-0.1, -0.05) is 13.8 Å². The van der Waals surface area contributed by atoms with Gasteiger partial charge in [-0.05, 0) is 31.1 Å². The number of nitrogens with one attached hydrogen (secondary N) is 1. The van der Waals surface area contributed by atoms with Gasteiger partial charge in [-0.2, -0.15) is 0 Å². The third-order valence-corrected chi connectivity index (χ3v) is 3.45. The van der Waals surface area contributed by atoms with Crippen LogP contribution in [0.4, 0.5) is 0 Å². The van der Waals surface area contributed by atoms with Crippen molar-refractivity contribution in [3.8, 4) is 0 Å². The summed E-state index contributed by atoms with van der Waals surface area (Å²) in [5.74, 6) is 1.71. The number of hydrogen-bond acceptors (Lipinski definition) is 2. The molecule has 1 aliphatic rings. The average molecular weight is 212 g/mol. The highest BCUT2D eigenvalue weighted by molar-refractivity contribution is 5.77. The van der Waals surface area contributed by atoms with E-state index in [1.54, 1.807) is 19.0 Å². The molecule has 3 unspecified atom stereocenters. The molecule has 3 heteroatoms. The molecule has 0 saturated heterocycles. The van der Waals surface area contributed by atoms with Crippen molar-refractivity contribution in [3.63, 3.8) is 0 Å². The van der Waals surface area contributed by atoms with Crippen LogP contribution in [-0.4, -0.2) is 37.5 Å². The second kappa shape index (κ2) is 5.50. The van der Waals surface area contributed by atoms with Gasteiger partial charge in [0.2, 0.25) is 5.91 Å². The van der Waals surface area contributed by atoms with Crippen LogP contribution in [0.3, 0.4) is 0 Å². The third kappa shape index (κ3) is 3.82. The van der Waals surface area contributed by atoms with E-state index in [4.69, 9.17) is 0 Å². The molecule has 3 atom stereocenters. The molecule has 0 aromatic rings. The monoisotopic (exact) mass is 212 g/mol. The van der Waals surface area contributed by atoms with Crippen LogP contribution in [0.1, 0.15) is 33.1 Å². The molecule has 1 fully saturated rings. The molecule has 0 aromatic heterocycles. The Bertz CT molecular complexity index is 216. The molecule has 15 heavy (non-hydrogen) atoms. The maximum Gasteiger partial charge on any atom is 0.236 e. The van der Waals surface area contributed by atoms with Gasteiger partial charge in [0.25, 0.3) is 0 Å². The lowest BCUT2D eigenvalue weighted by Gasteiger charge is -2.33. The van der Waals surface area contributed by atoms with E-state index < -0.39 is 0 Å². The lowest BCUT2D eigenvalue weighted by atomic mass is 9.80. The van der Waals surface area contributed by atoms with Crippen molar-refractivity contribution in [3.05, 3.63) is 0 Å². The number of carbonyl (C=O) groups is 1. The molecule has 0 bridgehead atoms. The van der Waals surface area contributed by atoms with Crippen LogP contribution in [-0.2, 0) is 4.79 Å². The minimum absolute atomic E-state index is 0.167. The Morgan fingerprint density at radius 3 is 2.53 bits per heavy atom. The molecule has 1 amide bonds. The minimum atomic E-state index is 0.167. The first-order valence-electron chi connectivity index (χ1n) is 5.94. The zero-order valence-electron chi connectivity index (χ0n) is 10.4. The summed E-state index contributed by atoms with van der Waals surface area (Å²) in [7, 11) is 3.60. The van der Waals surface area contributed by atoms with Gasteiger partial charge < -0.3 is 10.2 Å². The summed E-state index contributed by atoms with van der Waals surface area (Å²) in [5, 5.41) is 3.38. The predicted molar refractivity (Wildman–Crippen MR) is 62.7 cm³/mol. The summed E-state index contributed by atoms with van der Waals surface area (Å²) in [6.07, 6.45) is 3.79. The van der Waals surface area contributed by atoms with E-state index in [0.29, 0.717) is 18.5 Å². The molecule has 1 rings (SSSR count). The van der Waals surface area contributed by atoms with E-state index >= 15 is 0 Å². The Morgan fingerprint density at radius 1 is 1.33 bits per heavy atom. The SMILES string of the molecule is CC1CCC(NCC(=O)N(C)C)C(C)C1. The van der Waals surface area contributed by atoms with Gasteiger partial charge in [0.15, 0.2) is 0 Å². The van der Waals surface area contributed by atoms with Crippen LogP contribution in [0.25, 0.3) is 0 Å². The first kappa shape index (κ1) is 12.5.